The first-order chi connectivity index (χ1) is 17.7. The van der Waals surface area contributed by atoms with Crippen LogP contribution in [0, 0.1) is 0 Å². The van der Waals surface area contributed by atoms with Crippen molar-refractivity contribution < 1.29 is 27.4 Å². The van der Waals surface area contributed by atoms with Gasteiger partial charge in [-0.1, -0.05) is 11.3 Å². The number of anilines is 1. The van der Waals surface area contributed by atoms with E-state index in [1.165, 1.54) is 27.8 Å². The molecule has 2 aliphatic rings. The maximum atomic E-state index is 13.6. The van der Waals surface area contributed by atoms with Gasteiger partial charge in [0.05, 0.1) is 21.2 Å². The van der Waals surface area contributed by atoms with Crippen molar-refractivity contribution in [2.24, 2.45) is 0 Å². The van der Waals surface area contributed by atoms with E-state index in [0.717, 1.165) is 23.1 Å². The van der Waals surface area contributed by atoms with Crippen LogP contribution in [0.5, 0.6) is 11.5 Å². The Labute approximate surface area is 232 Å². The first-order valence-corrected chi connectivity index (χ1v) is 14.3. The zero-order valence-corrected chi connectivity index (χ0v) is 23.9. The molecule has 5 rings (SSSR count). The van der Waals surface area contributed by atoms with Gasteiger partial charge in [-0.3, -0.25) is 9.69 Å². The van der Waals surface area contributed by atoms with Crippen LogP contribution in [0.2, 0.25) is 0 Å². The lowest BCUT2D eigenvalue weighted by molar-refractivity contribution is 0.0978. The lowest BCUT2D eigenvalue weighted by Crippen LogP contribution is -2.37. The second kappa shape index (κ2) is 11.7. The Morgan fingerprint density at radius 2 is 1.79 bits per heavy atom. The molecule has 38 heavy (non-hydrogen) atoms. The van der Waals surface area contributed by atoms with Crippen LogP contribution in [0.1, 0.15) is 23.2 Å². The SMILES string of the molecule is CN(C)CCN(C(=O)c1ccc(S(=O)(=O)N(C)CC2CCCO2)cc1)c1nc2cc3c(cc2s1)OCO3.Cl. The maximum Gasteiger partial charge on any atom is 0.260 e. The van der Waals surface area contributed by atoms with Gasteiger partial charge in [-0.25, -0.2) is 13.4 Å². The minimum absolute atomic E-state index is 0. The number of benzene rings is 2. The summed E-state index contributed by atoms with van der Waals surface area (Å²) in [5.41, 5.74) is 1.11. The monoisotopic (exact) mass is 582 g/mol. The largest absolute Gasteiger partial charge is 0.454 e. The summed E-state index contributed by atoms with van der Waals surface area (Å²) in [6.45, 7) is 2.20. The number of hydrogen-bond acceptors (Lipinski definition) is 9. The molecule has 0 spiro atoms. The number of carbonyl (C=O) groups excluding carboxylic acids is 1. The van der Waals surface area contributed by atoms with E-state index in [0.29, 0.717) is 48.4 Å². The number of carbonyl (C=O) groups is 1. The standard InChI is InChI=1S/C25H30N4O6S2.ClH/c1-27(2)10-11-29(25-26-20-13-21-22(35-16-34-21)14-23(20)36-25)24(30)17-6-8-19(9-7-17)37(31,32)28(3)15-18-5-4-12-33-18;/h6-9,13-14,18H,4-5,10-12,15-16H2,1-3H3;1H. The van der Waals surface area contributed by atoms with Crippen molar-refractivity contribution in [3.05, 3.63) is 42.0 Å². The van der Waals surface area contributed by atoms with E-state index in [1.807, 2.05) is 31.1 Å². The molecular formula is C25H31ClN4O6S2. The summed E-state index contributed by atoms with van der Waals surface area (Å²) in [4.78, 5) is 22.1. The van der Waals surface area contributed by atoms with Gasteiger partial charge in [-0.05, 0) is 51.2 Å². The predicted octanol–water partition coefficient (Wildman–Crippen LogP) is 3.45. The van der Waals surface area contributed by atoms with Gasteiger partial charge in [0.15, 0.2) is 16.6 Å². The molecule has 13 heteroatoms. The number of ether oxygens (including phenoxy) is 3. The molecular weight excluding hydrogens is 552 g/mol. The number of aromatic nitrogens is 1. The third-order valence-corrected chi connectivity index (χ3v) is 9.29. The molecule has 0 saturated carbocycles. The molecule has 0 N–H and O–H groups in total. The third-order valence-electron chi connectivity index (χ3n) is 6.41. The quantitative estimate of drug-likeness (QED) is 0.378. The fourth-order valence-electron chi connectivity index (χ4n) is 4.28. The fourth-order valence-corrected chi connectivity index (χ4v) is 6.49. The second-order valence-corrected chi connectivity index (χ2v) is 12.4. The number of thiazole rings is 1. The van der Waals surface area contributed by atoms with Gasteiger partial charge in [0.2, 0.25) is 16.8 Å². The zero-order valence-electron chi connectivity index (χ0n) is 21.5. The lowest BCUT2D eigenvalue weighted by atomic mass is 10.2. The smallest absolute Gasteiger partial charge is 0.260 e. The molecule has 1 fully saturated rings. The van der Waals surface area contributed by atoms with E-state index in [2.05, 4.69) is 0 Å². The molecule has 3 aromatic rings. The van der Waals surface area contributed by atoms with Gasteiger partial charge in [0.25, 0.3) is 5.91 Å². The molecule has 0 aliphatic carbocycles. The number of sulfonamides is 1. The molecule has 10 nitrogen and oxygen atoms in total. The van der Waals surface area contributed by atoms with Crippen molar-refractivity contribution in [1.29, 1.82) is 0 Å². The molecule has 0 bridgehead atoms. The van der Waals surface area contributed by atoms with Crippen LogP contribution in [-0.4, -0.2) is 88.8 Å². The van der Waals surface area contributed by atoms with Crippen LogP contribution in [0.25, 0.3) is 10.2 Å². The number of likely N-dealkylation sites (N-methyl/N-ethyl adjacent to an activating group) is 2. The number of halogens is 1. The minimum Gasteiger partial charge on any atom is -0.454 e. The van der Waals surface area contributed by atoms with Gasteiger partial charge < -0.3 is 19.1 Å². The Bertz CT molecular complexity index is 1350. The third kappa shape index (κ3) is 5.90. The summed E-state index contributed by atoms with van der Waals surface area (Å²) in [6.07, 6.45) is 1.71. The average Bonchev–Trinajstić information content (AvgIpc) is 3.63. The molecule has 1 atom stereocenters. The second-order valence-electron chi connectivity index (χ2n) is 9.37. The number of rotatable bonds is 9. The van der Waals surface area contributed by atoms with Crippen molar-refractivity contribution in [3.8, 4) is 11.5 Å². The van der Waals surface area contributed by atoms with Crippen LogP contribution >= 0.6 is 23.7 Å². The Morgan fingerprint density at radius 3 is 2.45 bits per heavy atom. The van der Waals surface area contributed by atoms with Crippen LogP contribution in [-0.2, 0) is 14.8 Å². The molecule has 1 unspecified atom stereocenters. The molecule has 1 aromatic heterocycles. The van der Waals surface area contributed by atoms with E-state index in [1.54, 1.807) is 24.1 Å². The number of hydrogen-bond donors (Lipinski definition) is 0. The van der Waals surface area contributed by atoms with Crippen molar-refractivity contribution in [2.75, 3.05) is 59.1 Å². The molecule has 1 amide bonds. The highest BCUT2D eigenvalue weighted by molar-refractivity contribution is 7.89. The van der Waals surface area contributed by atoms with Crippen LogP contribution in [0.3, 0.4) is 0 Å². The van der Waals surface area contributed by atoms with Crippen molar-refractivity contribution in [1.82, 2.24) is 14.2 Å². The van der Waals surface area contributed by atoms with Gasteiger partial charge in [0.1, 0.15) is 0 Å². The molecule has 3 heterocycles. The first-order valence-electron chi connectivity index (χ1n) is 12.1. The predicted molar refractivity (Wildman–Crippen MR) is 148 cm³/mol. The zero-order chi connectivity index (χ0) is 26.2. The topological polar surface area (TPSA) is 102 Å². The van der Waals surface area contributed by atoms with Crippen molar-refractivity contribution in [2.45, 2.75) is 23.8 Å². The minimum atomic E-state index is -3.70. The van der Waals surface area contributed by atoms with Gasteiger partial charge in [0, 0.05) is 51.0 Å². The van der Waals surface area contributed by atoms with E-state index in [9.17, 15) is 13.2 Å². The Hall–Kier alpha value is -2.48. The fraction of sp³-hybridized carbons (Fsp3) is 0.440. The van der Waals surface area contributed by atoms with Gasteiger partial charge in [-0.15, -0.1) is 12.4 Å². The van der Waals surface area contributed by atoms with E-state index in [4.69, 9.17) is 19.2 Å². The summed E-state index contributed by atoms with van der Waals surface area (Å²) in [5, 5.41) is 0.554. The first kappa shape index (κ1) is 28.5. The molecule has 0 radical (unpaired) electrons. The van der Waals surface area contributed by atoms with Crippen LogP contribution in [0.4, 0.5) is 5.13 Å². The molecule has 2 aliphatic heterocycles. The maximum absolute atomic E-state index is 13.6. The van der Waals surface area contributed by atoms with Crippen molar-refractivity contribution >= 4 is 55.0 Å². The van der Waals surface area contributed by atoms with Gasteiger partial charge in [-0.2, -0.15) is 4.31 Å². The van der Waals surface area contributed by atoms with Gasteiger partial charge >= 0.3 is 0 Å². The van der Waals surface area contributed by atoms with Crippen LogP contribution in [0.15, 0.2) is 41.3 Å². The Morgan fingerprint density at radius 1 is 1.08 bits per heavy atom. The Balaban J connectivity index is 0.00000336. The number of amides is 1. The summed E-state index contributed by atoms with van der Waals surface area (Å²) in [6, 6.07) is 9.77. The summed E-state index contributed by atoms with van der Waals surface area (Å²) < 4.78 is 44.8. The summed E-state index contributed by atoms with van der Waals surface area (Å²) >= 11 is 1.40. The number of nitrogens with zero attached hydrogens (tertiary/aromatic N) is 4. The van der Waals surface area contributed by atoms with E-state index >= 15 is 0 Å². The van der Waals surface area contributed by atoms with E-state index < -0.39 is 10.0 Å². The molecule has 206 valence electrons. The highest BCUT2D eigenvalue weighted by Gasteiger charge is 2.27. The lowest BCUT2D eigenvalue weighted by Gasteiger charge is -2.22. The highest BCUT2D eigenvalue weighted by Crippen LogP contribution is 2.40. The molecule has 1 saturated heterocycles. The van der Waals surface area contributed by atoms with Crippen molar-refractivity contribution in [3.63, 3.8) is 0 Å². The summed E-state index contributed by atoms with van der Waals surface area (Å²) in [7, 11) is 1.73. The molecule has 2 aromatic carbocycles. The number of fused-ring (bicyclic) bond motifs is 2. The Kier molecular flexibility index (Phi) is 8.80. The average molecular weight is 583 g/mol. The van der Waals surface area contributed by atoms with Crippen LogP contribution < -0.4 is 14.4 Å². The highest BCUT2D eigenvalue weighted by atomic mass is 35.5. The summed E-state index contributed by atoms with van der Waals surface area (Å²) in [5.74, 6) is 1.05. The van der Waals surface area contributed by atoms with E-state index in [-0.39, 0.29) is 36.1 Å². The normalized spacial score (nSPS) is 16.8.